The topological polar surface area (TPSA) is 65.0 Å². The second-order valence-corrected chi connectivity index (χ2v) is 3.78. The van der Waals surface area contributed by atoms with Gasteiger partial charge in [-0.2, -0.15) is 0 Å². The number of ketones is 1. The van der Waals surface area contributed by atoms with E-state index in [0.29, 0.717) is 17.9 Å². The van der Waals surface area contributed by atoms with Crippen LogP contribution in [0.25, 0.3) is 0 Å². The van der Waals surface area contributed by atoms with E-state index in [-0.39, 0.29) is 11.5 Å². The van der Waals surface area contributed by atoms with E-state index in [2.05, 4.69) is 15.4 Å². The fraction of sp³-hybridized carbons (Fsp3) is 0.231. The van der Waals surface area contributed by atoms with Gasteiger partial charge in [0.1, 0.15) is 0 Å². The molecule has 0 atom stereocenters. The molecular formula is C13H13N3O2. The molecule has 5 nitrogen and oxygen atoms in total. The van der Waals surface area contributed by atoms with Crippen LogP contribution in [0.15, 0.2) is 30.5 Å². The molecule has 0 amide bonds. The van der Waals surface area contributed by atoms with Gasteiger partial charge < -0.3 is 4.74 Å². The van der Waals surface area contributed by atoms with Crippen molar-refractivity contribution < 1.29 is 9.53 Å². The summed E-state index contributed by atoms with van der Waals surface area (Å²) in [5.41, 5.74) is 1.84. The van der Waals surface area contributed by atoms with Crippen LogP contribution in [-0.4, -0.2) is 27.8 Å². The largest absolute Gasteiger partial charge is 0.490 e. The van der Waals surface area contributed by atoms with Crippen LogP contribution in [0.1, 0.15) is 28.5 Å². The molecule has 5 heteroatoms. The van der Waals surface area contributed by atoms with Gasteiger partial charge in [0.05, 0.1) is 12.8 Å². The predicted octanol–water partition coefficient (Wildman–Crippen LogP) is 1.81. The molecule has 1 aromatic heterocycles. The van der Waals surface area contributed by atoms with Gasteiger partial charge in [-0.3, -0.25) is 4.79 Å². The minimum atomic E-state index is -0.214. The third-order valence-corrected chi connectivity index (χ3v) is 2.43. The Labute approximate surface area is 105 Å². The van der Waals surface area contributed by atoms with Crippen LogP contribution >= 0.6 is 0 Å². The molecule has 18 heavy (non-hydrogen) atoms. The number of benzene rings is 1. The molecule has 0 aliphatic carbocycles. The maximum absolute atomic E-state index is 12.2. The summed E-state index contributed by atoms with van der Waals surface area (Å²) in [5.74, 6) is 0.145. The number of carbonyl (C=O) groups is 1. The van der Waals surface area contributed by atoms with Gasteiger partial charge in [-0.15, -0.1) is 10.2 Å². The van der Waals surface area contributed by atoms with Crippen molar-refractivity contribution >= 4 is 5.78 Å². The van der Waals surface area contributed by atoms with Crippen molar-refractivity contribution in [1.82, 2.24) is 15.4 Å². The number of hydrogen-bond acceptors (Lipinski definition) is 5. The number of carbonyl (C=O) groups excluding carboxylic acids is 1. The zero-order valence-corrected chi connectivity index (χ0v) is 10.3. The van der Waals surface area contributed by atoms with Crippen LogP contribution in [0, 0.1) is 6.92 Å². The van der Waals surface area contributed by atoms with Gasteiger partial charge in [-0.25, -0.2) is 0 Å². The fourth-order valence-electron chi connectivity index (χ4n) is 1.52. The summed E-state index contributed by atoms with van der Waals surface area (Å²) >= 11 is 0. The minimum Gasteiger partial charge on any atom is -0.490 e. The van der Waals surface area contributed by atoms with E-state index in [1.165, 1.54) is 6.20 Å². The molecule has 0 spiro atoms. The Bertz CT molecular complexity index is 552. The van der Waals surface area contributed by atoms with Crippen molar-refractivity contribution in [2.45, 2.75) is 13.8 Å². The smallest absolute Gasteiger partial charge is 0.217 e. The molecule has 0 unspecified atom stereocenters. The van der Waals surface area contributed by atoms with Crippen LogP contribution in [-0.2, 0) is 0 Å². The van der Waals surface area contributed by atoms with Crippen LogP contribution in [0.4, 0.5) is 0 Å². The third-order valence-electron chi connectivity index (χ3n) is 2.43. The summed E-state index contributed by atoms with van der Waals surface area (Å²) in [6.45, 7) is 4.24. The van der Waals surface area contributed by atoms with E-state index in [9.17, 15) is 4.79 Å². The van der Waals surface area contributed by atoms with E-state index in [1.807, 2.05) is 26.0 Å². The van der Waals surface area contributed by atoms with E-state index < -0.39 is 0 Å². The van der Waals surface area contributed by atoms with Gasteiger partial charge >= 0.3 is 0 Å². The average Bonchev–Trinajstić information content (AvgIpc) is 2.40. The highest BCUT2D eigenvalue weighted by Gasteiger charge is 2.17. The summed E-state index contributed by atoms with van der Waals surface area (Å²) in [6, 6.07) is 7.27. The first-order chi connectivity index (χ1) is 8.72. The normalized spacial score (nSPS) is 10.1. The second-order valence-electron chi connectivity index (χ2n) is 3.78. The molecule has 2 aromatic rings. The fourth-order valence-corrected chi connectivity index (χ4v) is 1.52. The zero-order chi connectivity index (χ0) is 13.0. The number of aryl methyl sites for hydroxylation is 1. The lowest BCUT2D eigenvalue weighted by molar-refractivity contribution is 0.102. The highest BCUT2D eigenvalue weighted by molar-refractivity contribution is 6.09. The lowest BCUT2D eigenvalue weighted by Crippen LogP contribution is -2.10. The molecule has 92 valence electrons. The molecule has 0 bridgehead atoms. The molecule has 1 heterocycles. The number of hydrogen-bond donors (Lipinski definition) is 0. The van der Waals surface area contributed by atoms with Gasteiger partial charge in [-0.05, 0) is 19.1 Å². The Morgan fingerprint density at radius 2 is 2.00 bits per heavy atom. The predicted molar refractivity (Wildman–Crippen MR) is 65.6 cm³/mol. The maximum atomic E-state index is 12.2. The standard InChI is InChI=1S/C13H13N3O2/c1-3-18-11-8-14-16-15-12(11)13(17)10-6-4-9(2)5-7-10/h4-8H,3H2,1-2H3. The molecule has 1 aromatic carbocycles. The summed E-state index contributed by atoms with van der Waals surface area (Å²) in [5, 5.41) is 10.9. The molecule has 0 aliphatic rings. The number of rotatable bonds is 4. The van der Waals surface area contributed by atoms with Gasteiger partial charge in [-0.1, -0.05) is 29.8 Å². The number of ether oxygens (including phenoxy) is 1. The number of nitrogens with zero attached hydrogens (tertiary/aromatic N) is 3. The minimum absolute atomic E-state index is 0.190. The molecule has 0 aliphatic heterocycles. The van der Waals surface area contributed by atoms with Gasteiger partial charge in [0, 0.05) is 5.56 Å². The third kappa shape index (κ3) is 2.51. The van der Waals surface area contributed by atoms with Gasteiger partial charge in [0.25, 0.3) is 0 Å². The summed E-state index contributed by atoms with van der Waals surface area (Å²) < 4.78 is 5.32. The summed E-state index contributed by atoms with van der Waals surface area (Å²) in [6.07, 6.45) is 1.40. The molecule has 0 fully saturated rings. The molecular weight excluding hydrogens is 230 g/mol. The van der Waals surface area contributed by atoms with Gasteiger partial charge in [0.2, 0.25) is 5.78 Å². The van der Waals surface area contributed by atoms with E-state index in [1.54, 1.807) is 12.1 Å². The molecule has 0 saturated heterocycles. The quantitative estimate of drug-likeness (QED) is 0.766. The van der Waals surface area contributed by atoms with Crippen molar-refractivity contribution in [3.05, 3.63) is 47.3 Å². The SMILES string of the molecule is CCOc1cnnnc1C(=O)c1ccc(C)cc1. The molecule has 0 saturated carbocycles. The first kappa shape index (κ1) is 12.2. The van der Waals surface area contributed by atoms with Crippen molar-refractivity contribution in [2.75, 3.05) is 6.61 Å². The first-order valence-corrected chi connectivity index (χ1v) is 5.65. The molecule has 0 N–H and O–H groups in total. The van der Waals surface area contributed by atoms with Crippen molar-refractivity contribution in [3.8, 4) is 5.75 Å². The second kappa shape index (κ2) is 5.35. The molecule has 0 radical (unpaired) electrons. The van der Waals surface area contributed by atoms with Crippen LogP contribution in [0.5, 0.6) is 5.75 Å². The Morgan fingerprint density at radius 3 is 2.67 bits per heavy atom. The monoisotopic (exact) mass is 243 g/mol. The average molecular weight is 243 g/mol. The van der Waals surface area contributed by atoms with Crippen molar-refractivity contribution in [2.24, 2.45) is 0 Å². The van der Waals surface area contributed by atoms with E-state index in [4.69, 9.17) is 4.74 Å². The van der Waals surface area contributed by atoms with Crippen molar-refractivity contribution in [3.63, 3.8) is 0 Å². The van der Waals surface area contributed by atoms with Crippen molar-refractivity contribution in [1.29, 1.82) is 0 Å². The van der Waals surface area contributed by atoms with E-state index >= 15 is 0 Å². The van der Waals surface area contributed by atoms with Gasteiger partial charge in [0.15, 0.2) is 11.4 Å². The lowest BCUT2D eigenvalue weighted by Gasteiger charge is -2.06. The highest BCUT2D eigenvalue weighted by Crippen LogP contribution is 2.17. The van der Waals surface area contributed by atoms with Crippen LogP contribution < -0.4 is 4.74 Å². The Morgan fingerprint density at radius 1 is 1.28 bits per heavy atom. The van der Waals surface area contributed by atoms with E-state index in [0.717, 1.165) is 5.56 Å². The summed E-state index contributed by atoms with van der Waals surface area (Å²) in [4.78, 5) is 12.2. The molecule has 2 rings (SSSR count). The first-order valence-electron chi connectivity index (χ1n) is 5.65. The maximum Gasteiger partial charge on any atom is 0.217 e. The highest BCUT2D eigenvalue weighted by atomic mass is 16.5. The Kier molecular flexibility index (Phi) is 3.62. The Hall–Kier alpha value is -2.30. The summed E-state index contributed by atoms with van der Waals surface area (Å²) in [7, 11) is 0. The zero-order valence-electron chi connectivity index (χ0n) is 10.3. The van der Waals surface area contributed by atoms with Crippen LogP contribution in [0.3, 0.4) is 0 Å². The van der Waals surface area contributed by atoms with Crippen LogP contribution in [0.2, 0.25) is 0 Å². The Balaban J connectivity index is 2.36. The number of aromatic nitrogens is 3. The lowest BCUT2D eigenvalue weighted by atomic mass is 10.1.